The van der Waals surface area contributed by atoms with Crippen LogP contribution in [0.4, 0.5) is 0 Å². The lowest BCUT2D eigenvalue weighted by Gasteiger charge is -2.10. The van der Waals surface area contributed by atoms with Gasteiger partial charge in [-0.3, -0.25) is 0 Å². The van der Waals surface area contributed by atoms with Crippen molar-refractivity contribution in [1.29, 1.82) is 5.26 Å². The molecule has 1 heterocycles. The third-order valence-corrected chi connectivity index (χ3v) is 4.91. The molecule has 5 aromatic rings. The molecule has 142 valence electrons. The van der Waals surface area contributed by atoms with Gasteiger partial charge >= 0.3 is 7.12 Å². The van der Waals surface area contributed by atoms with Crippen molar-refractivity contribution in [1.82, 2.24) is 4.57 Å². The van der Waals surface area contributed by atoms with E-state index in [9.17, 15) is 10.0 Å². The Bertz CT molecular complexity index is 1780. The Morgan fingerprint density at radius 1 is 0.800 bits per heavy atom. The van der Waals surface area contributed by atoms with Crippen molar-refractivity contribution in [3.8, 4) is 22.9 Å². The summed E-state index contributed by atoms with van der Waals surface area (Å²) >= 11 is 0. The fraction of sp³-hybridized carbons (Fsp3) is 0. The van der Waals surface area contributed by atoms with Crippen LogP contribution in [0.5, 0.6) is 0 Å². The van der Waals surface area contributed by atoms with E-state index in [1.54, 1.807) is 48.5 Å². The molecule has 0 saturated carbocycles. The van der Waals surface area contributed by atoms with Crippen LogP contribution in [0, 0.1) is 11.3 Å². The first-order chi connectivity index (χ1) is 17.6. The van der Waals surface area contributed by atoms with Crippen molar-refractivity contribution in [3.05, 3.63) is 96.4 Å². The van der Waals surface area contributed by atoms with Gasteiger partial charge in [0.25, 0.3) is 0 Å². The lowest BCUT2D eigenvalue weighted by atomic mass is 9.80. The highest BCUT2D eigenvalue weighted by Gasteiger charge is 2.16. The van der Waals surface area contributed by atoms with E-state index in [-0.39, 0.29) is 27.8 Å². The zero-order valence-corrected chi connectivity index (χ0v) is 15.5. The van der Waals surface area contributed by atoms with Gasteiger partial charge in [0.15, 0.2) is 0 Å². The summed E-state index contributed by atoms with van der Waals surface area (Å²) in [6, 6.07) is 12.6. The number of hydrogen-bond donors (Lipinski definition) is 2. The molecule has 0 saturated heterocycles. The number of nitriles is 1. The van der Waals surface area contributed by atoms with E-state index in [0.29, 0.717) is 11.3 Å². The molecule has 2 N–H and O–H groups in total. The van der Waals surface area contributed by atoms with Crippen LogP contribution in [0.25, 0.3) is 38.6 Å². The van der Waals surface area contributed by atoms with Crippen LogP contribution in [-0.4, -0.2) is 21.7 Å². The van der Waals surface area contributed by atoms with Crippen molar-refractivity contribution >= 4 is 34.4 Å². The van der Waals surface area contributed by atoms with E-state index in [0.717, 1.165) is 11.1 Å². The lowest BCUT2D eigenvalue weighted by molar-refractivity contribution is 0.426. The summed E-state index contributed by atoms with van der Waals surface area (Å²) in [5.74, 6) is 0. The van der Waals surface area contributed by atoms with Gasteiger partial charge in [0.2, 0.25) is 0 Å². The van der Waals surface area contributed by atoms with Crippen LogP contribution in [0.15, 0.2) is 90.8 Å². The minimum atomic E-state index is -2.21. The molecule has 0 amide bonds. The largest absolute Gasteiger partial charge is 0.488 e. The molecule has 0 atom stereocenters. The number of fused-ring (bicyclic) bond motifs is 3. The molecule has 0 radical (unpaired) electrons. The van der Waals surface area contributed by atoms with Gasteiger partial charge in [0.05, 0.1) is 32.3 Å². The topological polar surface area (TPSA) is 69.2 Å². The zero-order chi connectivity index (χ0) is 26.8. The van der Waals surface area contributed by atoms with Crippen molar-refractivity contribution in [3.63, 3.8) is 0 Å². The van der Waals surface area contributed by atoms with Crippen molar-refractivity contribution in [2.75, 3.05) is 0 Å². The van der Waals surface area contributed by atoms with Gasteiger partial charge in [0.1, 0.15) is 0 Å². The van der Waals surface area contributed by atoms with E-state index in [4.69, 9.17) is 14.9 Å². The molecule has 4 nitrogen and oxygen atoms in total. The van der Waals surface area contributed by atoms with Gasteiger partial charge < -0.3 is 14.6 Å². The maximum atomic E-state index is 9.82. The van der Waals surface area contributed by atoms with Gasteiger partial charge in [-0.15, -0.1) is 0 Å². The number of hydrogen-bond acceptors (Lipinski definition) is 3. The quantitative estimate of drug-likeness (QED) is 0.454. The Morgan fingerprint density at radius 2 is 1.43 bits per heavy atom. The molecule has 0 spiro atoms. The summed E-state index contributed by atoms with van der Waals surface area (Å²) in [5.41, 5.74) is 2.10. The van der Waals surface area contributed by atoms with Gasteiger partial charge in [-0.25, -0.2) is 0 Å². The molecular formula is C25H17BN2O2. The molecule has 0 aliphatic heterocycles. The Labute approximate surface area is 183 Å². The van der Waals surface area contributed by atoms with E-state index >= 15 is 0 Å². The molecule has 0 aliphatic rings. The molecule has 0 bridgehead atoms. The molecule has 5 rings (SSSR count). The van der Waals surface area contributed by atoms with E-state index < -0.39 is 48.8 Å². The predicted octanol–water partition coefficient (Wildman–Crippen LogP) is 4.00. The second-order valence-corrected chi connectivity index (χ2v) is 6.68. The summed E-state index contributed by atoms with van der Waals surface area (Å²) in [6.45, 7) is 0. The average Bonchev–Trinajstić information content (AvgIpc) is 3.26. The standard InChI is InChI=1S/C25H17BN2O2/c27-16-17-5-7-18(8-6-17)19-9-12-21(13-10-19)28-24-4-2-1-3-22(24)23-15-20(26(29)30)11-14-25(23)28/h1-15,29-30H/i1D,2D,3D,4D,11D,14D,15D. The molecule has 5 heteroatoms. The Hall–Kier alpha value is -3.85. The Kier molecular flexibility index (Phi) is 2.88. The highest BCUT2D eigenvalue weighted by atomic mass is 16.4. The van der Waals surface area contributed by atoms with E-state index in [1.807, 2.05) is 0 Å². The molecule has 0 aliphatic carbocycles. The first kappa shape index (κ1) is 12.0. The molecule has 4 aromatic carbocycles. The summed E-state index contributed by atoms with van der Waals surface area (Å²) in [5, 5.41) is 28.5. The van der Waals surface area contributed by atoms with Crippen LogP contribution in [0.3, 0.4) is 0 Å². The molecule has 30 heavy (non-hydrogen) atoms. The van der Waals surface area contributed by atoms with Crippen LogP contribution in [0.1, 0.15) is 15.2 Å². The van der Waals surface area contributed by atoms with Gasteiger partial charge in [0, 0.05) is 16.5 Å². The zero-order valence-electron chi connectivity index (χ0n) is 22.5. The molecule has 0 unspecified atom stereocenters. The monoisotopic (exact) mass is 395 g/mol. The van der Waals surface area contributed by atoms with Crippen molar-refractivity contribution < 1.29 is 19.6 Å². The molecular weight excluding hydrogens is 371 g/mol. The Balaban J connectivity index is 1.89. The summed E-state index contributed by atoms with van der Waals surface area (Å²) in [7, 11) is -2.21. The first-order valence-corrected chi connectivity index (χ1v) is 9.09. The van der Waals surface area contributed by atoms with Crippen molar-refractivity contribution in [2.24, 2.45) is 0 Å². The number of aromatic nitrogens is 1. The number of rotatable bonds is 3. The smallest absolute Gasteiger partial charge is 0.423 e. The van der Waals surface area contributed by atoms with Crippen LogP contribution in [-0.2, 0) is 0 Å². The normalized spacial score (nSPS) is 14.2. The average molecular weight is 395 g/mol. The summed E-state index contributed by atoms with van der Waals surface area (Å²) in [4.78, 5) is 0. The summed E-state index contributed by atoms with van der Waals surface area (Å²) in [6.07, 6.45) is 0. The minimum absolute atomic E-state index is 0.00692. The highest BCUT2D eigenvalue weighted by molar-refractivity contribution is 6.59. The van der Waals surface area contributed by atoms with Crippen LogP contribution in [0.2, 0.25) is 0 Å². The molecule has 1 aromatic heterocycles. The second-order valence-electron chi connectivity index (χ2n) is 6.68. The first-order valence-electron chi connectivity index (χ1n) is 12.6. The maximum absolute atomic E-state index is 9.82. The van der Waals surface area contributed by atoms with Gasteiger partial charge in [-0.1, -0.05) is 54.5 Å². The second kappa shape index (κ2) is 7.20. The third kappa shape index (κ3) is 2.96. The van der Waals surface area contributed by atoms with E-state index in [2.05, 4.69) is 6.07 Å². The van der Waals surface area contributed by atoms with Crippen molar-refractivity contribution in [2.45, 2.75) is 0 Å². The lowest BCUT2D eigenvalue weighted by Crippen LogP contribution is -2.29. The fourth-order valence-corrected chi connectivity index (χ4v) is 3.46. The fourth-order valence-electron chi connectivity index (χ4n) is 3.46. The number of para-hydroxylation sites is 1. The minimum Gasteiger partial charge on any atom is -0.423 e. The third-order valence-electron chi connectivity index (χ3n) is 4.91. The summed E-state index contributed by atoms with van der Waals surface area (Å²) < 4.78 is 60.5. The highest BCUT2D eigenvalue weighted by Crippen LogP contribution is 2.32. The molecule has 0 fully saturated rings. The Morgan fingerprint density at radius 3 is 2.10 bits per heavy atom. The van der Waals surface area contributed by atoms with Crippen LogP contribution >= 0.6 is 0 Å². The van der Waals surface area contributed by atoms with Gasteiger partial charge in [-0.05, 0) is 52.9 Å². The maximum Gasteiger partial charge on any atom is 0.488 e. The number of nitrogens with zero attached hydrogens (tertiary/aromatic N) is 2. The number of benzene rings is 4. The predicted molar refractivity (Wildman–Crippen MR) is 121 cm³/mol. The SMILES string of the molecule is [2H]c1c([2H])c([2H])c2c(c1[2H])c1c([2H])c(B(O)O)c([2H])c([2H])c1n2-c1ccc(-c2ccc(C#N)cc2)cc1. The van der Waals surface area contributed by atoms with Crippen LogP contribution < -0.4 is 5.46 Å². The van der Waals surface area contributed by atoms with E-state index in [1.165, 1.54) is 4.57 Å². The van der Waals surface area contributed by atoms with Gasteiger partial charge in [-0.2, -0.15) is 5.26 Å².